The van der Waals surface area contributed by atoms with Crippen molar-refractivity contribution in [3.63, 3.8) is 0 Å². The minimum atomic E-state index is -4.55. The van der Waals surface area contributed by atoms with Crippen LogP contribution in [0, 0.1) is 12.3 Å². The number of ether oxygens (including phenoxy) is 1. The summed E-state index contributed by atoms with van der Waals surface area (Å²) in [6.07, 6.45) is 6.93. The van der Waals surface area contributed by atoms with Crippen LogP contribution in [0.25, 0.3) is 32.9 Å². The highest BCUT2D eigenvalue weighted by atomic mass is 19.4. The van der Waals surface area contributed by atoms with Crippen LogP contribution in [0.2, 0.25) is 0 Å². The summed E-state index contributed by atoms with van der Waals surface area (Å²) >= 11 is 0. The Morgan fingerprint density at radius 2 is 1.77 bits per heavy atom. The maximum atomic E-state index is 14.1. The van der Waals surface area contributed by atoms with Crippen molar-refractivity contribution in [2.45, 2.75) is 76.4 Å². The van der Waals surface area contributed by atoms with Crippen molar-refractivity contribution in [1.82, 2.24) is 30.0 Å². The summed E-state index contributed by atoms with van der Waals surface area (Å²) in [6, 6.07) is 6.49. The minimum absolute atomic E-state index is 0.0332. The van der Waals surface area contributed by atoms with E-state index in [1.807, 2.05) is 24.0 Å². The molecule has 4 aromatic rings. The molecule has 4 aliphatic heterocycles. The van der Waals surface area contributed by atoms with Crippen molar-refractivity contribution < 1.29 is 22.7 Å². The number of hydrogen-bond donors (Lipinski definition) is 1. The predicted octanol–water partition coefficient (Wildman–Crippen LogP) is 6.98. The number of anilines is 2. The van der Waals surface area contributed by atoms with Gasteiger partial charge in [-0.25, -0.2) is 4.98 Å². The molecule has 5 aliphatic rings. The third-order valence-electron chi connectivity index (χ3n) is 12.4. The second kappa shape index (κ2) is 13.2. The average Bonchev–Trinajstić information content (AvgIpc) is 3.67. The molecule has 9 rings (SSSR count). The lowest BCUT2D eigenvalue weighted by atomic mass is 9.72. The summed E-state index contributed by atoms with van der Waals surface area (Å²) in [5, 5.41) is 8.93. The molecule has 2 aromatic heterocycles. The molecule has 0 bridgehead atoms. The molecule has 1 N–H and O–H groups in total. The second-order valence-corrected chi connectivity index (χ2v) is 16.1. The number of aromatic amines is 1. The number of amides is 1. The van der Waals surface area contributed by atoms with Gasteiger partial charge in [-0.15, -0.1) is 0 Å². The number of rotatable bonds is 8. The molecule has 10 nitrogen and oxygen atoms in total. The Morgan fingerprint density at radius 1 is 1.00 bits per heavy atom. The molecule has 280 valence electrons. The first-order valence-corrected chi connectivity index (χ1v) is 19.3. The fraction of sp³-hybridized carbons (Fsp3) is 0.550. The Kier molecular flexibility index (Phi) is 8.55. The molecule has 1 amide bonds. The first-order valence-electron chi connectivity index (χ1n) is 19.3. The van der Waals surface area contributed by atoms with Gasteiger partial charge in [0.2, 0.25) is 11.9 Å². The molecule has 6 heterocycles. The molecule has 0 unspecified atom stereocenters. The molecule has 0 radical (unpaired) electrons. The van der Waals surface area contributed by atoms with Gasteiger partial charge in [-0.2, -0.15) is 23.3 Å². The Balaban J connectivity index is 1.19. The number of aryl methyl sites for hydroxylation is 1. The number of fused-ring (bicyclic) bond motifs is 2. The van der Waals surface area contributed by atoms with E-state index in [4.69, 9.17) is 14.7 Å². The molecule has 5 fully saturated rings. The van der Waals surface area contributed by atoms with E-state index < -0.39 is 12.8 Å². The van der Waals surface area contributed by atoms with Crippen LogP contribution >= 0.6 is 0 Å². The van der Waals surface area contributed by atoms with Gasteiger partial charge < -0.3 is 19.4 Å². The lowest BCUT2D eigenvalue weighted by Gasteiger charge is -2.54. The number of likely N-dealkylation sites (tertiary alicyclic amines) is 2. The number of H-pyrrole nitrogens is 1. The third-order valence-corrected chi connectivity index (χ3v) is 12.4. The van der Waals surface area contributed by atoms with Crippen molar-refractivity contribution in [2.75, 3.05) is 68.8 Å². The zero-order valence-electron chi connectivity index (χ0n) is 30.4. The van der Waals surface area contributed by atoms with Gasteiger partial charge in [0.25, 0.3) is 0 Å². The van der Waals surface area contributed by atoms with Crippen LogP contribution in [0.1, 0.15) is 68.4 Å². The lowest BCUT2D eigenvalue weighted by molar-refractivity contribution is -0.153. The van der Waals surface area contributed by atoms with Gasteiger partial charge in [-0.05, 0) is 106 Å². The maximum absolute atomic E-state index is 14.1. The van der Waals surface area contributed by atoms with E-state index in [9.17, 15) is 18.0 Å². The summed E-state index contributed by atoms with van der Waals surface area (Å²) < 4.78 is 48.4. The molecule has 53 heavy (non-hydrogen) atoms. The number of halogens is 3. The van der Waals surface area contributed by atoms with Gasteiger partial charge in [0.05, 0.1) is 11.7 Å². The van der Waals surface area contributed by atoms with Crippen LogP contribution in [-0.4, -0.2) is 107 Å². The number of carbonyl (C=O) groups is 1. The monoisotopic (exact) mass is 728 g/mol. The molecule has 1 atom stereocenters. The van der Waals surface area contributed by atoms with E-state index in [1.165, 1.54) is 25.3 Å². The molecule has 2 aromatic carbocycles. The Morgan fingerprint density at radius 3 is 2.49 bits per heavy atom. The summed E-state index contributed by atoms with van der Waals surface area (Å²) in [5.41, 5.74) is 4.70. The minimum Gasteiger partial charge on any atom is -0.481 e. The summed E-state index contributed by atoms with van der Waals surface area (Å²) in [6.45, 7) is 10.9. The van der Waals surface area contributed by atoms with Crippen LogP contribution in [0.5, 0.6) is 5.75 Å². The smallest absolute Gasteiger partial charge is 0.422 e. The normalized spacial score (nSPS) is 22.2. The third kappa shape index (κ3) is 6.38. The van der Waals surface area contributed by atoms with Gasteiger partial charge in [-0.3, -0.25) is 14.8 Å². The number of nitrogens with zero attached hydrogens (tertiary/aromatic N) is 7. The second-order valence-electron chi connectivity index (χ2n) is 16.1. The molecule has 1 saturated carbocycles. The number of carbonyl (C=O) groups excluding carboxylic acids is 1. The first kappa shape index (κ1) is 34.4. The Labute approximate surface area is 307 Å². The number of nitrogens with one attached hydrogen (secondary N) is 1. The summed E-state index contributed by atoms with van der Waals surface area (Å²) in [5.74, 6) is 1.62. The zero-order valence-corrected chi connectivity index (χ0v) is 30.4. The van der Waals surface area contributed by atoms with Crippen molar-refractivity contribution in [3.8, 4) is 16.9 Å². The highest BCUT2D eigenvalue weighted by molar-refractivity contribution is 6.06. The van der Waals surface area contributed by atoms with Crippen molar-refractivity contribution in [1.29, 1.82) is 0 Å². The molecular formula is C40H47F3N8O2. The van der Waals surface area contributed by atoms with Crippen LogP contribution in [0.15, 0.2) is 37.1 Å². The fourth-order valence-electron chi connectivity index (χ4n) is 9.40. The number of piperidine rings is 2. The van der Waals surface area contributed by atoms with E-state index in [1.54, 1.807) is 6.20 Å². The van der Waals surface area contributed by atoms with Crippen molar-refractivity contribution in [2.24, 2.45) is 5.41 Å². The van der Waals surface area contributed by atoms with Crippen LogP contribution in [0.3, 0.4) is 0 Å². The summed E-state index contributed by atoms with van der Waals surface area (Å²) in [7, 11) is 0. The van der Waals surface area contributed by atoms with E-state index in [-0.39, 0.29) is 23.0 Å². The molecule has 1 spiro atoms. The quantitative estimate of drug-likeness (QED) is 0.195. The van der Waals surface area contributed by atoms with Gasteiger partial charge in [-0.1, -0.05) is 19.1 Å². The number of aromatic nitrogens is 4. The van der Waals surface area contributed by atoms with Crippen molar-refractivity contribution in [3.05, 3.63) is 48.2 Å². The number of hydrogen-bond acceptors (Lipinski definition) is 8. The van der Waals surface area contributed by atoms with Crippen molar-refractivity contribution >= 4 is 39.5 Å². The Bertz CT molecular complexity index is 2050. The van der Waals surface area contributed by atoms with Crippen LogP contribution < -0.4 is 14.5 Å². The van der Waals surface area contributed by atoms with Gasteiger partial charge in [0, 0.05) is 67.1 Å². The molecule has 13 heteroatoms. The first-order chi connectivity index (χ1) is 25.6. The van der Waals surface area contributed by atoms with Crippen LogP contribution in [-0.2, 0) is 4.79 Å². The average molecular weight is 729 g/mol. The van der Waals surface area contributed by atoms with E-state index in [0.29, 0.717) is 23.1 Å². The standard InChI is InChI=1S/C40H47F3N8O2/c1-3-32(52)51-22-39(23-51)12-17-49(18-13-39)37-29-19-28(26-8-9-26)34(33-25(2)7-10-31-30(33)20-44-47-31)36(53-24-40(41,42)43)35(29)45-38(46-37)50-16-11-27(21-50)48-14-5-4-6-15-48/h3,7,10,19-20,26-27H,1,4-6,8-9,11-18,21-24H2,2H3,(H,44,47)/t27-/m0/s1. The lowest BCUT2D eigenvalue weighted by Crippen LogP contribution is -2.61. The molecular weight excluding hydrogens is 681 g/mol. The van der Waals surface area contributed by atoms with Gasteiger partial charge in [0.1, 0.15) is 11.3 Å². The van der Waals surface area contributed by atoms with E-state index in [0.717, 1.165) is 123 Å². The van der Waals surface area contributed by atoms with Gasteiger partial charge >= 0.3 is 6.18 Å². The highest BCUT2D eigenvalue weighted by Gasteiger charge is 2.47. The largest absolute Gasteiger partial charge is 0.481 e. The number of benzene rings is 2. The fourth-order valence-corrected chi connectivity index (χ4v) is 9.40. The van der Waals surface area contributed by atoms with Gasteiger partial charge in [0.15, 0.2) is 12.4 Å². The maximum Gasteiger partial charge on any atom is 0.422 e. The van der Waals surface area contributed by atoms with E-state index >= 15 is 0 Å². The molecule has 1 aliphatic carbocycles. The summed E-state index contributed by atoms with van der Waals surface area (Å²) in [4.78, 5) is 31.7. The number of alkyl halides is 3. The topological polar surface area (TPSA) is 93.7 Å². The zero-order chi connectivity index (χ0) is 36.5. The highest BCUT2D eigenvalue weighted by Crippen LogP contribution is 2.53. The Hall–Kier alpha value is -4.39. The van der Waals surface area contributed by atoms with Crippen LogP contribution in [0.4, 0.5) is 24.9 Å². The SMILES string of the molecule is C=CC(=O)N1CC2(CCN(c3nc(N4CC[C@H](N5CCCCC5)C4)nc4c(OCC(F)(F)F)c(-c5c(C)ccc6[nH]ncc56)c(C5CC5)cc34)CC2)C1. The predicted molar refractivity (Wildman–Crippen MR) is 200 cm³/mol. The van der Waals surface area contributed by atoms with E-state index in [2.05, 4.69) is 37.5 Å². The molecule has 4 saturated heterocycles.